The van der Waals surface area contributed by atoms with Crippen molar-refractivity contribution in [3.8, 4) is 5.75 Å². The normalized spacial score (nSPS) is 16.5. The number of methoxy groups -OCH3 is 1. The van der Waals surface area contributed by atoms with E-state index in [4.69, 9.17) is 9.84 Å². The number of hydrogen-bond donors (Lipinski definition) is 0. The highest BCUT2D eigenvalue weighted by Gasteiger charge is 2.34. The van der Waals surface area contributed by atoms with Crippen LogP contribution in [-0.4, -0.2) is 33.7 Å². The highest BCUT2D eigenvalue weighted by atomic mass is 16.5. The first-order chi connectivity index (χ1) is 13.6. The lowest BCUT2D eigenvalue weighted by Gasteiger charge is -2.23. The zero-order valence-corrected chi connectivity index (χ0v) is 16.2. The standard InChI is InChI=1S/C22H22N4O2/c1-14(2)22(27)26-21(16-6-9-18-20(12-16)24-11-10-23-18)13-19(25-26)15-4-7-17(28-3)8-5-15/h4-12,14,21H,13H2,1-3H3/t21-/m0/s1. The summed E-state index contributed by atoms with van der Waals surface area (Å²) in [5.41, 5.74) is 4.54. The predicted octanol–water partition coefficient (Wildman–Crippen LogP) is 3.97. The van der Waals surface area contributed by atoms with Crippen molar-refractivity contribution in [3.05, 3.63) is 66.0 Å². The average molecular weight is 374 g/mol. The molecule has 28 heavy (non-hydrogen) atoms. The van der Waals surface area contributed by atoms with E-state index in [0.717, 1.165) is 33.6 Å². The van der Waals surface area contributed by atoms with E-state index >= 15 is 0 Å². The average Bonchev–Trinajstić information content (AvgIpc) is 3.18. The highest BCUT2D eigenvalue weighted by molar-refractivity contribution is 6.03. The van der Waals surface area contributed by atoms with Gasteiger partial charge >= 0.3 is 0 Å². The number of amides is 1. The van der Waals surface area contributed by atoms with Gasteiger partial charge in [-0.25, -0.2) is 5.01 Å². The fourth-order valence-corrected chi connectivity index (χ4v) is 3.38. The summed E-state index contributed by atoms with van der Waals surface area (Å²) in [6, 6.07) is 13.6. The molecule has 0 N–H and O–H groups in total. The summed E-state index contributed by atoms with van der Waals surface area (Å²) in [6.07, 6.45) is 4.00. The second-order valence-corrected chi connectivity index (χ2v) is 7.14. The summed E-state index contributed by atoms with van der Waals surface area (Å²) in [4.78, 5) is 21.6. The summed E-state index contributed by atoms with van der Waals surface area (Å²) in [6.45, 7) is 3.79. The summed E-state index contributed by atoms with van der Waals surface area (Å²) in [7, 11) is 1.64. The summed E-state index contributed by atoms with van der Waals surface area (Å²) >= 11 is 0. The first-order valence-electron chi connectivity index (χ1n) is 9.32. The molecule has 6 heteroatoms. The van der Waals surface area contributed by atoms with Gasteiger partial charge in [-0.05, 0) is 47.5 Å². The monoisotopic (exact) mass is 374 g/mol. The molecule has 142 valence electrons. The fourth-order valence-electron chi connectivity index (χ4n) is 3.38. The third-order valence-corrected chi connectivity index (χ3v) is 4.93. The van der Waals surface area contributed by atoms with Crippen molar-refractivity contribution in [1.29, 1.82) is 0 Å². The number of benzene rings is 2. The van der Waals surface area contributed by atoms with Gasteiger partial charge in [-0.3, -0.25) is 14.8 Å². The molecule has 2 heterocycles. The van der Waals surface area contributed by atoms with Crippen LogP contribution in [0.15, 0.2) is 60.0 Å². The third-order valence-electron chi connectivity index (χ3n) is 4.93. The Kier molecular flexibility index (Phi) is 4.77. The van der Waals surface area contributed by atoms with Crippen LogP contribution >= 0.6 is 0 Å². The molecule has 0 radical (unpaired) electrons. The number of ether oxygens (including phenoxy) is 1. The van der Waals surface area contributed by atoms with Crippen LogP contribution in [0.3, 0.4) is 0 Å². The van der Waals surface area contributed by atoms with Crippen LogP contribution in [0.1, 0.15) is 37.4 Å². The molecule has 4 rings (SSSR count). The maximum Gasteiger partial charge on any atom is 0.245 e. The number of hydrogen-bond acceptors (Lipinski definition) is 5. The number of aromatic nitrogens is 2. The zero-order valence-electron chi connectivity index (χ0n) is 16.2. The number of rotatable bonds is 4. The Labute approximate surface area is 163 Å². The summed E-state index contributed by atoms with van der Waals surface area (Å²) in [5.74, 6) is 0.664. The Bertz CT molecular complexity index is 1040. The second kappa shape index (κ2) is 7.38. The van der Waals surface area contributed by atoms with Gasteiger partial charge in [0.05, 0.1) is 29.9 Å². The molecule has 0 bridgehead atoms. The van der Waals surface area contributed by atoms with Gasteiger partial charge < -0.3 is 4.74 Å². The van der Waals surface area contributed by atoms with Crippen molar-refractivity contribution in [2.45, 2.75) is 26.3 Å². The lowest BCUT2D eigenvalue weighted by Crippen LogP contribution is -2.30. The van der Waals surface area contributed by atoms with Crippen molar-refractivity contribution in [2.75, 3.05) is 7.11 Å². The SMILES string of the molecule is COc1ccc(C2=NN(C(=O)C(C)C)[C@H](c3ccc4nccnc4c3)C2)cc1. The van der Waals surface area contributed by atoms with E-state index in [9.17, 15) is 4.79 Å². The van der Waals surface area contributed by atoms with E-state index in [1.54, 1.807) is 24.5 Å². The van der Waals surface area contributed by atoms with E-state index in [1.165, 1.54) is 0 Å². The first-order valence-corrected chi connectivity index (χ1v) is 9.32. The molecule has 1 atom stereocenters. The minimum atomic E-state index is -0.154. The summed E-state index contributed by atoms with van der Waals surface area (Å²) in [5, 5.41) is 6.32. The lowest BCUT2D eigenvalue weighted by molar-refractivity contribution is -0.136. The third kappa shape index (κ3) is 3.33. The number of carbonyl (C=O) groups is 1. The van der Waals surface area contributed by atoms with E-state index in [0.29, 0.717) is 6.42 Å². The largest absolute Gasteiger partial charge is 0.497 e. The molecular weight excluding hydrogens is 352 g/mol. The highest BCUT2D eigenvalue weighted by Crippen LogP contribution is 2.35. The summed E-state index contributed by atoms with van der Waals surface area (Å²) < 4.78 is 5.24. The second-order valence-electron chi connectivity index (χ2n) is 7.14. The van der Waals surface area contributed by atoms with Crippen LogP contribution in [0.2, 0.25) is 0 Å². The smallest absolute Gasteiger partial charge is 0.245 e. The van der Waals surface area contributed by atoms with E-state index in [1.807, 2.05) is 56.3 Å². The van der Waals surface area contributed by atoms with Gasteiger partial charge in [0.15, 0.2) is 0 Å². The molecule has 0 fully saturated rings. The molecule has 2 aromatic carbocycles. The van der Waals surface area contributed by atoms with Gasteiger partial charge in [0.2, 0.25) is 5.91 Å². The van der Waals surface area contributed by atoms with Crippen molar-refractivity contribution < 1.29 is 9.53 Å². The fraction of sp³-hybridized carbons (Fsp3) is 0.273. The molecule has 6 nitrogen and oxygen atoms in total. The molecule has 1 aliphatic rings. The Hall–Kier alpha value is -3.28. The Morgan fingerprint density at radius 1 is 1.07 bits per heavy atom. The minimum Gasteiger partial charge on any atom is -0.497 e. The molecule has 1 amide bonds. The molecule has 3 aromatic rings. The van der Waals surface area contributed by atoms with Crippen LogP contribution < -0.4 is 4.74 Å². The molecular formula is C22H22N4O2. The molecule has 0 unspecified atom stereocenters. The van der Waals surface area contributed by atoms with Gasteiger partial charge in [-0.2, -0.15) is 5.10 Å². The molecule has 0 aliphatic carbocycles. The lowest BCUT2D eigenvalue weighted by atomic mass is 9.97. The zero-order chi connectivity index (χ0) is 19.7. The number of fused-ring (bicyclic) bond motifs is 1. The first kappa shape index (κ1) is 18.1. The topological polar surface area (TPSA) is 67.7 Å². The van der Waals surface area contributed by atoms with Crippen LogP contribution in [0.5, 0.6) is 5.75 Å². The van der Waals surface area contributed by atoms with E-state index in [2.05, 4.69) is 9.97 Å². The molecule has 0 saturated carbocycles. The predicted molar refractivity (Wildman–Crippen MR) is 108 cm³/mol. The molecule has 1 aliphatic heterocycles. The number of carbonyl (C=O) groups excluding carboxylic acids is 1. The van der Waals surface area contributed by atoms with Gasteiger partial charge in [0.25, 0.3) is 0 Å². The van der Waals surface area contributed by atoms with Gasteiger partial charge in [0, 0.05) is 24.7 Å². The minimum absolute atomic E-state index is 0.00718. The Morgan fingerprint density at radius 3 is 2.46 bits per heavy atom. The Balaban J connectivity index is 1.71. The molecule has 0 spiro atoms. The Morgan fingerprint density at radius 2 is 1.79 bits per heavy atom. The van der Waals surface area contributed by atoms with Gasteiger partial charge in [0.1, 0.15) is 5.75 Å². The molecule has 0 saturated heterocycles. The maximum atomic E-state index is 12.8. The van der Waals surface area contributed by atoms with Crippen molar-refractivity contribution in [1.82, 2.24) is 15.0 Å². The van der Waals surface area contributed by atoms with Gasteiger partial charge in [-0.1, -0.05) is 19.9 Å². The van der Waals surface area contributed by atoms with Crippen molar-refractivity contribution in [2.24, 2.45) is 11.0 Å². The van der Waals surface area contributed by atoms with Crippen molar-refractivity contribution in [3.63, 3.8) is 0 Å². The van der Waals surface area contributed by atoms with Crippen LogP contribution in [0.25, 0.3) is 11.0 Å². The van der Waals surface area contributed by atoms with Crippen LogP contribution in [0.4, 0.5) is 0 Å². The number of hydrazone groups is 1. The molecule has 1 aromatic heterocycles. The van der Waals surface area contributed by atoms with Crippen LogP contribution in [0, 0.1) is 5.92 Å². The number of nitrogens with zero attached hydrogens (tertiary/aromatic N) is 4. The maximum absolute atomic E-state index is 12.8. The van der Waals surface area contributed by atoms with Gasteiger partial charge in [-0.15, -0.1) is 0 Å². The quantitative estimate of drug-likeness (QED) is 0.693. The van der Waals surface area contributed by atoms with Crippen LogP contribution in [-0.2, 0) is 4.79 Å². The van der Waals surface area contributed by atoms with E-state index < -0.39 is 0 Å². The van der Waals surface area contributed by atoms with E-state index in [-0.39, 0.29) is 17.9 Å². The van der Waals surface area contributed by atoms with Crippen molar-refractivity contribution >= 4 is 22.7 Å².